The van der Waals surface area contributed by atoms with Gasteiger partial charge < -0.3 is 4.74 Å². The van der Waals surface area contributed by atoms with Crippen LogP contribution < -0.4 is 10.3 Å². The number of nitrogens with zero attached hydrogens (tertiary/aromatic N) is 5. The zero-order valence-electron chi connectivity index (χ0n) is 18.9. The van der Waals surface area contributed by atoms with E-state index in [0.29, 0.717) is 16.8 Å². The number of methoxy groups -OCH3 is 1. The Morgan fingerprint density at radius 3 is 2.57 bits per heavy atom. The first-order valence-corrected chi connectivity index (χ1v) is 10.7. The summed E-state index contributed by atoms with van der Waals surface area (Å²) >= 11 is 0. The lowest BCUT2D eigenvalue weighted by Crippen LogP contribution is -2.22. The summed E-state index contributed by atoms with van der Waals surface area (Å²) in [4.78, 5) is 31.1. The molecule has 0 unspecified atom stereocenters. The summed E-state index contributed by atoms with van der Waals surface area (Å²) in [5.74, 6) is -0.325. The van der Waals surface area contributed by atoms with Crippen molar-refractivity contribution < 1.29 is 9.13 Å². The van der Waals surface area contributed by atoms with Gasteiger partial charge in [-0.3, -0.25) is 19.3 Å². The van der Waals surface area contributed by atoms with Gasteiger partial charge in [-0.1, -0.05) is 12.1 Å². The Balaban J connectivity index is 1.91. The first-order chi connectivity index (χ1) is 17.0. The first-order valence-electron chi connectivity index (χ1n) is 10.7. The van der Waals surface area contributed by atoms with Crippen molar-refractivity contribution in [1.82, 2.24) is 19.5 Å². The number of benzene rings is 2. The quantitative estimate of drug-likeness (QED) is 0.328. The fraction of sp³-hybridized carbons (Fsp3) is 0.0741. The molecule has 0 aliphatic heterocycles. The van der Waals surface area contributed by atoms with Crippen LogP contribution in [0.25, 0.3) is 44.1 Å². The van der Waals surface area contributed by atoms with Gasteiger partial charge in [0.25, 0.3) is 5.56 Å². The van der Waals surface area contributed by atoms with Gasteiger partial charge in [-0.05, 0) is 55.0 Å². The molecule has 3 aromatic heterocycles. The molecule has 2 aromatic carbocycles. The molecular weight excluding hydrogens is 445 g/mol. The Morgan fingerprint density at radius 2 is 1.91 bits per heavy atom. The minimum absolute atomic E-state index is 0.0550. The number of ether oxygens (including phenoxy) is 1. The summed E-state index contributed by atoms with van der Waals surface area (Å²) in [5.41, 5.74) is 3.09. The molecule has 3 heterocycles. The van der Waals surface area contributed by atoms with Crippen molar-refractivity contribution in [3.63, 3.8) is 0 Å². The van der Waals surface area contributed by atoms with Crippen molar-refractivity contribution >= 4 is 16.6 Å². The van der Waals surface area contributed by atoms with E-state index in [-0.39, 0.29) is 28.3 Å². The van der Waals surface area contributed by atoms with Crippen LogP contribution in [-0.2, 0) is 0 Å². The topological polar surface area (TPSA) is 74.3 Å². The van der Waals surface area contributed by atoms with E-state index in [9.17, 15) is 9.18 Å². The highest BCUT2D eigenvalue weighted by Gasteiger charge is 2.20. The molecule has 0 spiro atoms. The molecule has 7 nitrogen and oxygen atoms in total. The maximum absolute atomic E-state index is 14.6. The standard InChI is InChI=1S/C27H18FN5O2/c1-16-7-8-17(15-31-16)20-12-18(29-2)13-21-25(20)32-26(23-6-4-5-11-30-23)33(27(21)34)19-9-10-24(35-3)22(28)14-19/h4-15H,1,3H3. The number of hydrogen-bond acceptors (Lipinski definition) is 5. The molecule has 0 saturated carbocycles. The van der Waals surface area contributed by atoms with Crippen LogP contribution >= 0.6 is 0 Å². The highest BCUT2D eigenvalue weighted by molar-refractivity contribution is 5.97. The number of fused-ring (bicyclic) bond motifs is 1. The van der Waals surface area contributed by atoms with E-state index in [1.54, 1.807) is 42.7 Å². The van der Waals surface area contributed by atoms with Gasteiger partial charge in [-0.15, -0.1) is 0 Å². The molecule has 0 radical (unpaired) electrons. The van der Waals surface area contributed by atoms with E-state index in [2.05, 4.69) is 14.8 Å². The van der Waals surface area contributed by atoms with Crippen LogP contribution in [-0.4, -0.2) is 26.6 Å². The van der Waals surface area contributed by atoms with Crippen LogP contribution in [0.5, 0.6) is 5.75 Å². The molecule has 0 aliphatic rings. The molecule has 0 N–H and O–H groups in total. The summed E-state index contributed by atoms with van der Waals surface area (Å²) in [7, 11) is 1.37. The number of rotatable bonds is 4. The summed E-state index contributed by atoms with van der Waals surface area (Å²) in [6, 6.07) is 16.4. The third-order valence-corrected chi connectivity index (χ3v) is 5.60. The number of aromatic nitrogens is 4. The van der Waals surface area contributed by atoms with E-state index >= 15 is 0 Å². The van der Waals surface area contributed by atoms with E-state index in [1.165, 1.54) is 29.9 Å². The third-order valence-electron chi connectivity index (χ3n) is 5.60. The van der Waals surface area contributed by atoms with Gasteiger partial charge in [0.15, 0.2) is 23.1 Å². The Labute approximate surface area is 200 Å². The van der Waals surface area contributed by atoms with Crippen molar-refractivity contribution in [3.8, 4) is 34.1 Å². The molecule has 0 fully saturated rings. The van der Waals surface area contributed by atoms with E-state index in [4.69, 9.17) is 16.3 Å². The number of aryl methyl sites for hydroxylation is 1. The minimum atomic E-state index is -0.620. The molecule has 8 heteroatoms. The predicted molar refractivity (Wildman–Crippen MR) is 131 cm³/mol. The van der Waals surface area contributed by atoms with Crippen LogP contribution in [0.3, 0.4) is 0 Å². The average Bonchev–Trinajstić information content (AvgIpc) is 2.89. The van der Waals surface area contributed by atoms with Crippen molar-refractivity contribution in [2.75, 3.05) is 7.11 Å². The largest absolute Gasteiger partial charge is 0.494 e. The molecule has 5 aromatic rings. The lowest BCUT2D eigenvalue weighted by atomic mass is 10.0. The summed E-state index contributed by atoms with van der Waals surface area (Å²) in [5, 5.41) is 0.227. The number of halogens is 1. The Bertz CT molecular complexity index is 1670. The van der Waals surface area contributed by atoms with Gasteiger partial charge in [-0.25, -0.2) is 14.2 Å². The van der Waals surface area contributed by atoms with Crippen LogP contribution in [0.2, 0.25) is 0 Å². The molecule has 0 atom stereocenters. The first kappa shape index (κ1) is 21.9. The minimum Gasteiger partial charge on any atom is -0.494 e. The second-order valence-corrected chi connectivity index (χ2v) is 7.80. The van der Waals surface area contributed by atoms with Gasteiger partial charge in [0.1, 0.15) is 5.69 Å². The van der Waals surface area contributed by atoms with Gasteiger partial charge in [0.2, 0.25) is 0 Å². The van der Waals surface area contributed by atoms with Crippen molar-refractivity contribution in [1.29, 1.82) is 0 Å². The normalized spacial score (nSPS) is 10.8. The van der Waals surface area contributed by atoms with Gasteiger partial charge in [0, 0.05) is 29.7 Å². The highest BCUT2D eigenvalue weighted by Crippen LogP contribution is 2.33. The Hall–Kier alpha value is -4.90. The summed E-state index contributed by atoms with van der Waals surface area (Å²) in [6.45, 7) is 9.43. The van der Waals surface area contributed by atoms with E-state index < -0.39 is 11.4 Å². The van der Waals surface area contributed by atoms with Gasteiger partial charge in [0.05, 0.1) is 30.3 Å². The fourth-order valence-corrected chi connectivity index (χ4v) is 3.89. The predicted octanol–water partition coefficient (Wildman–Crippen LogP) is 5.52. The summed E-state index contributed by atoms with van der Waals surface area (Å²) in [6.07, 6.45) is 3.28. The molecule has 0 bridgehead atoms. The smallest absolute Gasteiger partial charge is 0.265 e. The van der Waals surface area contributed by atoms with Crippen LogP contribution in [0.1, 0.15) is 5.69 Å². The zero-order chi connectivity index (χ0) is 24.5. The molecule has 35 heavy (non-hydrogen) atoms. The molecule has 0 amide bonds. The van der Waals surface area contributed by atoms with Crippen LogP contribution in [0.4, 0.5) is 10.1 Å². The zero-order valence-corrected chi connectivity index (χ0v) is 18.9. The maximum atomic E-state index is 14.6. The van der Waals surface area contributed by atoms with Gasteiger partial charge in [-0.2, -0.15) is 0 Å². The molecule has 170 valence electrons. The fourth-order valence-electron chi connectivity index (χ4n) is 3.89. The molecule has 5 rings (SSSR count). The van der Waals surface area contributed by atoms with Crippen molar-refractivity contribution in [2.24, 2.45) is 0 Å². The molecule has 0 saturated heterocycles. The van der Waals surface area contributed by atoms with Crippen LogP contribution in [0.15, 0.2) is 77.9 Å². The second-order valence-electron chi connectivity index (χ2n) is 7.80. The highest BCUT2D eigenvalue weighted by atomic mass is 19.1. The number of pyridine rings is 2. The Kier molecular flexibility index (Phi) is 5.51. The third kappa shape index (κ3) is 3.89. The Morgan fingerprint density at radius 1 is 1.06 bits per heavy atom. The molecule has 0 aliphatic carbocycles. The van der Waals surface area contributed by atoms with Crippen molar-refractivity contribution in [3.05, 3.63) is 106 Å². The SMILES string of the molecule is [C-]#[N+]c1cc(-c2ccc(C)nc2)c2nc(-c3ccccn3)n(-c3ccc(OC)c(F)c3)c(=O)c2c1. The lowest BCUT2D eigenvalue weighted by Gasteiger charge is -2.16. The summed E-state index contributed by atoms with van der Waals surface area (Å²) < 4.78 is 21.0. The van der Waals surface area contributed by atoms with Crippen LogP contribution in [0, 0.1) is 19.3 Å². The average molecular weight is 463 g/mol. The van der Waals surface area contributed by atoms with Crippen molar-refractivity contribution in [2.45, 2.75) is 6.92 Å². The lowest BCUT2D eigenvalue weighted by molar-refractivity contribution is 0.386. The van der Waals surface area contributed by atoms with Gasteiger partial charge >= 0.3 is 0 Å². The second kappa shape index (κ2) is 8.80. The monoisotopic (exact) mass is 463 g/mol. The molecular formula is C27H18FN5O2. The number of hydrogen-bond donors (Lipinski definition) is 0. The van der Waals surface area contributed by atoms with E-state index in [0.717, 1.165) is 11.3 Å². The maximum Gasteiger partial charge on any atom is 0.265 e. The van der Waals surface area contributed by atoms with E-state index in [1.807, 2.05) is 19.1 Å².